The Kier molecular flexibility index (Phi) is 2.30. The van der Waals surface area contributed by atoms with E-state index in [2.05, 4.69) is 64.1 Å². The van der Waals surface area contributed by atoms with Crippen LogP contribution >= 0.6 is 0 Å². The van der Waals surface area contributed by atoms with Crippen LogP contribution in [0.15, 0.2) is 36.4 Å². The Balaban J connectivity index is 2.76. The van der Waals surface area contributed by atoms with E-state index in [-0.39, 0.29) is 5.41 Å². The standard InChI is InChI=1S/C15H18/c1-11-13-8-6-5-7-12(13)9-10-14(11)15(2,3)4/h5-10H,1-4H3. The number of hydrogen-bond acceptors (Lipinski definition) is 0. The summed E-state index contributed by atoms with van der Waals surface area (Å²) in [5, 5.41) is 2.72. The quantitative estimate of drug-likeness (QED) is 0.587. The van der Waals surface area contributed by atoms with Gasteiger partial charge >= 0.3 is 0 Å². The number of benzene rings is 2. The van der Waals surface area contributed by atoms with E-state index in [9.17, 15) is 0 Å². The highest BCUT2D eigenvalue weighted by atomic mass is 14.2. The van der Waals surface area contributed by atoms with Crippen LogP contribution in [0.2, 0.25) is 0 Å². The normalized spacial score (nSPS) is 12.0. The van der Waals surface area contributed by atoms with Gasteiger partial charge in [0, 0.05) is 0 Å². The topological polar surface area (TPSA) is 0 Å². The molecule has 0 bridgehead atoms. The number of aryl methyl sites for hydroxylation is 1. The van der Waals surface area contributed by atoms with E-state index in [1.165, 1.54) is 21.9 Å². The molecule has 0 nitrogen and oxygen atoms in total. The number of fused-ring (bicyclic) bond motifs is 1. The van der Waals surface area contributed by atoms with E-state index < -0.39 is 0 Å². The van der Waals surface area contributed by atoms with Crippen LogP contribution in [0.4, 0.5) is 0 Å². The Morgan fingerprint density at radius 2 is 1.53 bits per heavy atom. The van der Waals surface area contributed by atoms with Crippen LogP contribution in [0.25, 0.3) is 10.8 Å². The third-order valence-corrected chi connectivity index (χ3v) is 3.01. The fourth-order valence-corrected chi connectivity index (χ4v) is 2.24. The second-order valence-electron chi connectivity index (χ2n) is 5.21. The summed E-state index contributed by atoms with van der Waals surface area (Å²) < 4.78 is 0. The molecule has 0 spiro atoms. The molecule has 0 N–H and O–H groups in total. The van der Waals surface area contributed by atoms with Gasteiger partial charge in [-0.15, -0.1) is 0 Å². The van der Waals surface area contributed by atoms with E-state index >= 15 is 0 Å². The van der Waals surface area contributed by atoms with Crippen LogP contribution in [0, 0.1) is 6.92 Å². The van der Waals surface area contributed by atoms with Crippen molar-refractivity contribution in [2.75, 3.05) is 0 Å². The summed E-state index contributed by atoms with van der Waals surface area (Å²) in [6.07, 6.45) is 0. The summed E-state index contributed by atoms with van der Waals surface area (Å²) in [4.78, 5) is 0. The second-order valence-corrected chi connectivity index (χ2v) is 5.21. The minimum atomic E-state index is 0.230. The average Bonchev–Trinajstić information content (AvgIpc) is 2.16. The summed E-state index contributed by atoms with van der Waals surface area (Å²) in [5.74, 6) is 0. The molecule has 0 atom stereocenters. The first-order chi connectivity index (χ1) is 7.00. The van der Waals surface area contributed by atoms with Crippen LogP contribution in [0.1, 0.15) is 31.9 Å². The lowest BCUT2D eigenvalue weighted by Crippen LogP contribution is -2.12. The molecule has 0 aromatic heterocycles. The second kappa shape index (κ2) is 3.37. The summed E-state index contributed by atoms with van der Waals surface area (Å²) in [6.45, 7) is 9.03. The zero-order valence-corrected chi connectivity index (χ0v) is 9.96. The Labute approximate surface area is 91.9 Å². The largest absolute Gasteiger partial charge is 0.0616 e. The van der Waals surface area contributed by atoms with Gasteiger partial charge in [0.1, 0.15) is 0 Å². The molecule has 2 aromatic rings. The van der Waals surface area contributed by atoms with Gasteiger partial charge in [-0.2, -0.15) is 0 Å². The third kappa shape index (κ3) is 1.77. The zero-order valence-electron chi connectivity index (χ0n) is 9.96. The minimum absolute atomic E-state index is 0.230. The van der Waals surface area contributed by atoms with E-state index in [0.29, 0.717) is 0 Å². The highest BCUT2D eigenvalue weighted by Gasteiger charge is 2.16. The van der Waals surface area contributed by atoms with E-state index in [4.69, 9.17) is 0 Å². The maximum atomic E-state index is 2.27. The Hall–Kier alpha value is -1.30. The van der Waals surface area contributed by atoms with Gasteiger partial charge in [0.15, 0.2) is 0 Å². The molecular formula is C15H18. The highest BCUT2D eigenvalue weighted by molar-refractivity contribution is 5.86. The molecule has 0 aliphatic rings. The van der Waals surface area contributed by atoms with Crippen molar-refractivity contribution in [3.63, 3.8) is 0 Å². The van der Waals surface area contributed by atoms with Gasteiger partial charge in [0.2, 0.25) is 0 Å². The monoisotopic (exact) mass is 198 g/mol. The third-order valence-electron chi connectivity index (χ3n) is 3.01. The first-order valence-corrected chi connectivity index (χ1v) is 5.49. The van der Waals surface area contributed by atoms with Crippen LogP contribution in [-0.2, 0) is 5.41 Å². The van der Waals surface area contributed by atoms with Gasteiger partial charge in [0.05, 0.1) is 0 Å². The minimum Gasteiger partial charge on any atom is -0.0616 e. The predicted octanol–water partition coefficient (Wildman–Crippen LogP) is 4.45. The van der Waals surface area contributed by atoms with Gasteiger partial charge < -0.3 is 0 Å². The molecule has 0 heteroatoms. The van der Waals surface area contributed by atoms with E-state index in [1.807, 2.05) is 0 Å². The lowest BCUT2D eigenvalue weighted by atomic mass is 9.82. The molecule has 0 aliphatic carbocycles. The van der Waals surface area contributed by atoms with Crippen LogP contribution in [0.5, 0.6) is 0 Å². The Morgan fingerprint density at radius 3 is 2.20 bits per heavy atom. The predicted molar refractivity (Wildman–Crippen MR) is 67.4 cm³/mol. The van der Waals surface area contributed by atoms with Crippen molar-refractivity contribution in [2.45, 2.75) is 33.1 Å². The summed E-state index contributed by atoms with van der Waals surface area (Å²) in [6, 6.07) is 13.1. The molecule has 0 amide bonds. The Bertz CT molecular complexity index is 487. The molecule has 0 heterocycles. The number of rotatable bonds is 0. The molecule has 78 valence electrons. The van der Waals surface area contributed by atoms with Gasteiger partial charge in [-0.3, -0.25) is 0 Å². The molecular weight excluding hydrogens is 180 g/mol. The van der Waals surface area contributed by atoms with Crippen LogP contribution < -0.4 is 0 Å². The van der Waals surface area contributed by atoms with Crippen molar-refractivity contribution >= 4 is 10.8 Å². The molecule has 15 heavy (non-hydrogen) atoms. The van der Waals surface area contributed by atoms with Crippen molar-refractivity contribution in [2.24, 2.45) is 0 Å². The molecule has 0 saturated carbocycles. The Morgan fingerprint density at radius 1 is 0.867 bits per heavy atom. The van der Waals surface area contributed by atoms with Crippen LogP contribution in [-0.4, -0.2) is 0 Å². The fourth-order valence-electron chi connectivity index (χ4n) is 2.24. The highest BCUT2D eigenvalue weighted by Crippen LogP contribution is 2.30. The molecule has 0 saturated heterocycles. The molecule has 2 aromatic carbocycles. The average molecular weight is 198 g/mol. The number of hydrogen-bond donors (Lipinski definition) is 0. The van der Waals surface area contributed by atoms with Crippen molar-refractivity contribution < 1.29 is 0 Å². The van der Waals surface area contributed by atoms with Crippen molar-refractivity contribution in [1.29, 1.82) is 0 Å². The first kappa shape index (κ1) is 10.2. The van der Waals surface area contributed by atoms with Gasteiger partial charge in [-0.1, -0.05) is 57.2 Å². The smallest absolute Gasteiger partial charge is 0.0129 e. The van der Waals surface area contributed by atoms with Crippen LogP contribution in [0.3, 0.4) is 0 Å². The van der Waals surface area contributed by atoms with Crippen molar-refractivity contribution in [1.82, 2.24) is 0 Å². The summed E-state index contributed by atoms with van der Waals surface area (Å²) in [5.41, 5.74) is 3.09. The zero-order chi connectivity index (χ0) is 11.1. The van der Waals surface area contributed by atoms with Gasteiger partial charge in [-0.25, -0.2) is 0 Å². The van der Waals surface area contributed by atoms with Gasteiger partial charge in [0.25, 0.3) is 0 Å². The lowest BCUT2D eigenvalue weighted by Gasteiger charge is -2.22. The van der Waals surface area contributed by atoms with Gasteiger partial charge in [-0.05, 0) is 34.2 Å². The molecule has 2 rings (SSSR count). The lowest BCUT2D eigenvalue weighted by molar-refractivity contribution is 0.587. The van der Waals surface area contributed by atoms with E-state index in [0.717, 1.165) is 0 Å². The maximum absolute atomic E-state index is 2.27. The molecule has 0 radical (unpaired) electrons. The molecule has 0 unspecified atom stereocenters. The van der Waals surface area contributed by atoms with E-state index in [1.54, 1.807) is 0 Å². The molecule has 0 aliphatic heterocycles. The summed E-state index contributed by atoms with van der Waals surface area (Å²) >= 11 is 0. The SMILES string of the molecule is Cc1c(C(C)(C)C)ccc2ccccc12. The van der Waals surface area contributed by atoms with Crippen molar-refractivity contribution in [3.05, 3.63) is 47.5 Å². The molecule has 0 fully saturated rings. The first-order valence-electron chi connectivity index (χ1n) is 5.49. The van der Waals surface area contributed by atoms with Crippen molar-refractivity contribution in [3.8, 4) is 0 Å². The summed E-state index contributed by atoms with van der Waals surface area (Å²) in [7, 11) is 0. The fraction of sp³-hybridized carbons (Fsp3) is 0.333. The maximum Gasteiger partial charge on any atom is -0.0129 e.